The molecule has 1 fully saturated rings. The zero-order valence-electron chi connectivity index (χ0n) is 18.5. The van der Waals surface area contributed by atoms with E-state index in [4.69, 9.17) is 9.47 Å². The summed E-state index contributed by atoms with van der Waals surface area (Å²) in [4.78, 5) is 31.7. The van der Waals surface area contributed by atoms with Gasteiger partial charge in [-0.1, -0.05) is 24.3 Å². The Morgan fingerprint density at radius 2 is 2.16 bits per heavy atom. The molecule has 0 unspecified atom stereocenters. The molecule has 1 aliphatic rings. The van der Waals surface area contributed by atoms with E-state index < -0.39 is 11.5 Å². The summed E-state index contributed by atoms with van der Waals surface area (Å²) in [6.07, 6.45) is 2.29. The van der Waals surface area contributed by atoms with Crippen molar-refractivity contribution < 1.29 is 14.3 Å². The average Bonchev–Trinajstić information content (AvgIpc) is 3.21. The second kappa shape index (κ2) is 9.56. The molecule has 2 aromatic heterocycles. The van der Waals surface area contributed by atoms with E-state index in [0.717, 1.165) is 30.2 Å². The first kappa shape index (κ1) is 22.1. The number of fused-ring (bicyclic) bond motifs is 1. The zero-order chi connectivity index (χ0) is 22.7. The van der Waals surface area contributed by atoms with Crippen LogP contribution in [0.4, 0.5) is 5.13 Å². The van der Waals surface area contributed by atoms with Crippen molar-refractivity contribution in [2.75, 3.05) is 31.7 Å². The van der Waals surface area contributed by atoms with Gasteiger partial charge in [0.05, 0.1) is 13.7 Å². The highest BCUT2D eigenvalue weighted by Crippen LogP contribution is 2.29. The van der Waals surface area contributed by atoms with Gasteiger partial charge in [-0.2, -0.15) is 9.50 Å². The van der Waals surface area contributed by atoms with E-state index in [0.29, 0.717) is 29.0 Å². The lowest BCUT2D eigenvalue weighted by Crippen LogP contribution is -2.34. The highest BCUT2D eigenvalue weighted by molar-refractivity contribution is 7.20. The Hall–Kier alpha value is -3.14. The van der Waals surface area contributed by atoms with Gasteiger partial charge in [-0.25, -0.2) is 0 Å². The minimum atomic E-state index is -0.458. The number of aromatic nitrogens is 3. The Morgan fingerprint density at radius 3 is 2.91 bits per heavy atom. The monoisotopic (exact) mass is 457 g/mol. The van der Waals surface area contributed by atoms with Crippen molar-refractivity contribution in [2.24, 2.45) is 5.92 Å². The van der Waals surface area contributed by atoms with Crippen LogP contribution < -0.4 is 25.2 Å². The lowest BCUT2D eigenvalue weighted by molar-refractivity contribution is 0.0943. The predicted molar refractivity (Wildman–Crippen MR) is 123 cm³/mol. The molecule has 3 aromatic rings. The molecule has 0 saturated carbocycles. The Bertz CT molecular complexity index is 1170. The van der Waals surface area contributed by atoms with Crippen LogP contribution in [-0.4, -0.2) is 47.3 Å². The number of anilines is 1. The summed E-state index contributed by atoms with van der Waals surface area (Å²) < 4.78 is 12.4. The van der Waals surface area contributed by atoms with Gasteiger partial charge in [0, 0.05) is 25.7 Å². The normalized spacial score (nSPS) is 16.2. The summed E-state index contributed by atoms with van der Waals surface area (Å²) in [6, 6.07) is 6.72. The second-order valence-electron chi connectivity index (χ2n) is 7.85. The third-order valence-corrected chi connectivity index (χ3v) is 6.35. The Morgan fingerprint density at radius 1 is 1.31 bits per heavy atom. The molecular weight excluding hydrogens is 430 g/mol. The number of nitrogens with zero attached hydrogens (tertiary/aromatic N) is 4. The van der Waals surface area contributed by atoms with Crippen LogP contribution in [0.15, 0.2) is 29.1 Å². The van der Waals surface area contributed by atoms with Crippen LogP contribution in [0.5, 0.6) is 11.5 Å². The molecule has 1 N–H and O–H groups in total. The molecule has 10 heteroatoms. The van der Waals surface area contributed by atoms with Crippen molar-refractivity contribution in [3.63, 3.8) is 0 Å². The number of carbonyl (C=O) groups is 1. The Labute approximate surface area is 190 Å². The molecule has 3 heterocycles. The predicted octanol–water partition coefficient (Wildman–Crippen LogP) is 2.72. The summed E-state index contributed by atoms with van der Waals surface area (Å²) in [6.45, 7) is 6.74. The van der Waals surface area contributed by atoms with Crippen molar-refractivity contribution in [3.8, 4) is 11.5 Å². The fourth-order valence-electron chi connectivity index (χ4n) is 3.83. The van der Waals surface area contributed by atoms with E-state index in [1.165, 1.54) is 28.3 Å². The van der Waals surface area contributed by atoms with Crippen LogP contribution in [0.3, 0.4) is 0 Å². The molecule has 1 saturated heterocycles. The molecule has 9 nitrogen and oxygen atoms in total. The quantitative estimate of drug-likeness (QED) is 0.582. The van der Waals surface area contributed by atoms with Gasteiger partial charge < -0.3 is 19.7 Å². The Kier molecular flexibility index (Phi) is 6.59. The van der Waals surface area contributed by atoms with E-state index in [2.05, 4.69) is 27.2 Å². The fraction of sp³-hybridized carbons (Fsp3) is 0.455. The van der Waals surface area contributed by atoms with E-state index in [1.54, 1.807) is 7.11 Å². The first-order valence-electron chi connectivity index (χ1n) is 10.7. The molecule has 4 rings (SSSR count). The van der Waals surface area contributed by atoms with Crippen LogP contribution in [-0.2, 0) is 6.54 Å². The number of carbonyl (C=O) groups excluding carboxylic acids is 1. The molecule has 0 bridgehead atoms. The standard InChI is InChI=1S/C22H27N5O4S/c1-4-31-17-8-7-15(10-18(17)30-3)12-23-20(29)16-11-19(28)24-21-27(16)25-22(32-21)26-9-5-6-14(2)13-26/h7-8,10-11,14H,4-6,9,12-13H2,1-3H3,(H,23,29)/t14-/m1/s1. The minimum absolute atomic E-state index is 0.172. The first-order valence-corrected chi connectivity index (χ1v) is 11.5. The highest BCUT2D eigenvalue weighted by Gasteiger charge is 2.22. The maximum atomic E-state index is 12.9. The van der Waals surface area contributed by atoms with Gasteiger partial charge in [0.15, 0.2) is 11.5 Å². The fourth-order valence-corrected chi connectivity index (χ4v) is 4.77. The largest absolute Gasteiger partial charge is 0.493 e. The number of methoxy groups -OCH3 is 1. The third kappa shape index (κ3) is 4.69. The van der Waals surface area contributed by atoms with Crippen molar-refractivity contribution in [1.29, 1.82) is 0 Å². The number of ether oxygens (including phenoxy) is 2. The number of benzene rings is 1. The van der Waals surface area contributed by atoms with Crippen molar-refractivity contribution in [2.45, 2.75) is 33.2 Å². The topological polar surface area (TPSA) is 98.1 Å². The van der Waals surface area contributed by atoms with Gasteiger partial charge in [-0.05, 0) is 43.4 Å². The summed E-state index contributed by atoms with van der Waals surface area (Å²) in [5, 5.41) is 8.25. The summed E-state index contributed by atoms with van der Waals surface area (Å²) in [5.41, 5.74) is 0.558. The maximum absolute atomic E-state index is 12.9. The van der Waals surface area contributed by atoms with Crippen LogP contribution in [0.2, 0.25) is 0 Å². The van der Waals surface area contributed by atoms with Gasteiger partial charge >= 0.3 is 0 Å². The summed E-state index contributed by atoms with van der Waals surface area (Å²) >= 11 is 1.33. The smallest absolute Gasteiger partial charge is 0.274 e. The molecule has 1 aromatic carbocycles. The molecule has 0 radical (unpaired) electrons. The average molecular weight is 458 g/mol. The van der Waals surface area contributed by atoms with Crippen LogP contribution in [0.25, 0.3) is 4.96 Å². The van der Waals surface area contributed by atoms with E-state index in [9.17, 15) is 9.59 Å². The van der Waals surface area contributed by atoms with Crippen LogP contribution in [0.1, 0.15) is 42.7 Å². The van der Waals surface area contributed by atoms with Gasteiger partial charge in [-0.3, -0.25) is 9.59 Å². The molecule has 1 aliphatic heterocycles. The van der Waals surface area contributed by atoms with Crippen LogP contribution >= 0.6 is 11.3 Å². The third-order valence-electron chi connectivity index (χ3n) is 5.38. The lowest BCUT2D eigenvalue weighted by atomic mass is 10.0. The molecule has 32 heavy (non-hydrogen) atoms. The molecule has 1 atom stereocenters. The van der Waals surface area contributed by atoms with Crippen molar-refractivity contribution in [1.82, 2.24) is 19.9 Å². The molecule has 0 spiro atoms. The second-order valence-corrected chi connectivity index (χ2v) is 8.79. The SMILES string of the molecule is CCOc1ccc(CNC(=O)c2cc(=O)nc3sc(N4CCC[C@@H](C)C4)nn23)cc1OC. The molecular formula is C22H27N5O4S. The number of nitrogens with one attached hydrogen (secondary N) is 1. The van der Waals surface area contributed by atoms with E-state index in [1.807, 2.05) is 25.1 Å². The maximum Gasteiger partial charge on any atom is 0.274 e. The van der Waals surface area contributed by atoms with E-state index >= 15 is 0 Å². The first-order chi connectivity index (χ1) is 15.5. The number of amides is 1. The zero-order valence-corrected chi connectivity index (χ0v) is 19.3. The molecule has 170 valence electrons. The minimum Gasteiger partial charge on any atom is -0.493 e. The summed E-state index contributed by atoms with van der Waals surface area (Å²) in [5.74, 6) is 1.43. The van der Waals surface area contributed by atoms with Crippen LogP contribution in [0, 0.1) is 5.92 Å². The van der Waals surface area contributed by atoms with Gasteiger partial charge in [0.2, 0.25) is 10.1 Å². The summed E-state index contributed by atoms with van der Waals surface area (Å²) in [7, 11) is 1.57. The number of hydrogen-bond donors (Lipinski definition) is 1. The van der Waals surface area contributed by atoms with E-state index in [-0.39, 0.29) is 12.2 Å². The number of rotatable bonds is 7. The highest BCUT2D eigenvalue weighted by atomic mass is 32.1. The lowest BCUT2D eigenvalue weighted by Gasteiger charge is -2.30. The van der Waals surface area contributed by atoms with Gasteiger partial charge in [0.25, 0.3) is 11.5 Å². The van der Waals surface area contributed by atoms with Crippen molar-refractivity contribution >= 4 is 27.3 Å². The molecule has 0 aliphatic carbocycles. The number of piperidine rings is 1. The van der Waals surface area contributed by atoms with Gasteiger partial charge in [-0.15, -0.1) is 5.10 Å². The van der Waals surface area contributed by atoms with Gasteiger partial charge in [0.1, 0.15) is 5.69 Å². The van der Waals surface area contributed by atoms with Crippen molar-refractivity contribution in [3.05, 3.63) is 45.9 Å². The Balaban J connectivity index is 1.55. The molecule has 1 amide bonds. The number of hydrogen-bond acceptors (Lipinski definition) is 8.